The summed E-state index contributed by atoms with van der Waals surface area (Å²) in [5, 5.41) is 4.66. The van der Waals surface area contributed by atoms with E-state index in [9.17, 15) is 9.18 Å². The lowest BCUT2D eigenvalue weighted by Gasteiger charge is -2.20. The number of carbonyl (C=O) groups excluding carboxylic acids is 1. The average Bonchev–Trinajstić information content (AvgIpc) is 3.45. The molecule has 0 spiro atoms. The van der Waals surface area contributed by atoms with Crippen LogP contribution in [0.2, 0.25) is 0 Å². The van der Waals surface area contributed by atoms with Crippen molar-refractivity contribution in [2.24, 2.45) is 0 Å². The first-order valence-electron chi connectivity index (χ1n) is 10.2. The van der Waals surface area contributed by atoms with Crippen molar-refractivity contribution in [2.75, 3.05) is 18.1 Å². The lowest BCUT2D eigenvalue weighted by molar-refractivity contribution is 0.0985. The maximum atomic E-state index is 14.2. The number of halogens is 1. The third kappa shape index (κ3) is 4.91. The molecule has 6 nitrogen and oxygen atoms in total. The number of para-hydroxylation sites is 1. The highest BCUT2D eigenvalue weighted by Gasteiger charge is 2.22. The number of hydrogen-bond donors (Lipinski definition) is 0. The molecule has 0 aliphatic carbocycles. The van der Waals surface area contributed by atoms with Crippen LogP contribution in [0.15, 0.2) is 60.9 Å². The molecule has 0 saturated heterocycles. The van der Waals surface area contributed by atoms with Crippen LogP contribution in [0.4, 0.5) is 9.52 Å². The van der Waals surface area contributed by atoms with Crippen LogP contribution < -0.4 is 9.64 Å². The molecule has 2 aromatic heterocycles. The molecule has 0 N–H and O–H groups in total. The van der Waals surface area contributed by atoms with Gasteiger partial charge in [-0.05, 0) is 48.9 Å². The maximum absolute atomic E-state index is 14.2. The Morgan fingerprint density at radius 3 is 2.74 bits per heavy atom. The molecule has 1 amide bonds. The lowest BCUT2D eigenvalue weighted by Crippen LogP contribution is -2.34. The summed E-state index contributed by atoms with van der Waals surface area (Å²) in [4.78, 5) is 19.4. The fraction of sp³-hybridized carbons (Fsp3) is 0.261. The largest absolute Gasteiger partial charge is 0.494 e. The van der Waals surface area contributed by atoms with Gasteiger partial charge in [-0.25, -0.2) is 9.37 Å². The molecule has 4 aromatic rings. The summed E-state index contributed by atoms with van der Waals surface area (Å²) in [6.07, 6.45) is 5.57. The number of fused-ring (bicyclic) bond motifs is 1. The molecule has 0 unspecified atom stereocenters. The number of hydrogen-bond acceptors (Lipinski definition) is 5. The first-order valence-corrected chi connectivity index (χ1v) is 11.0. The molecule has 0 saturated carbocycles. The average molecular weight is 439 g/mol. The van der Waals surface area contributed by atoms with Crippen molar-refractivity contribution in [2.45, 2.75) is 26.3 Å². The lowest BCUT2D eigenvalue weighted by atomic mass is 10.2. The van der Waals surface area contributed by atoms with Gasteiger partial charge in [0.2, 0.25) is 0 Å². The van der Waals surface area contributed by atoms with E-state index in [2.05, 4.69) is 17.0 Å². The third-order valence-electron chi connectivity index (χ3n) is 4.81. The van der Waals surface area contributed by atoms with Crippen molar-refractivity contribution < 1.29 is 13.9 Å². The number of amides is 1. The number of rotatable bonds is 9. The maximum Gasteiger partial charge on any atom is 0.260 e. The third-order valence-corrected chi connectivity index (χ3v) is 5.86. The van der Waals surface area contributed by atoms with Crippen LogP contribution in [0.1, 0.15) is 30.1 Å². The Morgan fingerprint density at radius 1 is 1.19 bits per heavy atom. The molecular weight excluding hydrogens is 415 g/mol. The predicted molar refractivity (Wildman–Crippen MR) is 120 cm³/mol. The van der Waals surface area contributed by atoms with Crippen molar-refractivity contribution in [3.8, 4) is 5.75 Å². The van der Waals surface area contributed by atoms with Gasteiger partial charge < -0.3 is 4.74 Å². The van der Waals surface area contributed by atoms with Gasteiger partial charge in [-0.1, -0.05) is 30.7 Å². The summed E-state index contributed by atoms with van der Waals surface area (Å²) in [5.74, 6) is 0.134. The second-order valence-corrected chi connectivity index (χ2v) is 8.04. The highest BCUT2D eigenvalue weighted by atomic mass is 32.1. The molecule has 160 valence electrons. The molecule has 0 atom stereocenters. The summed E-state index contributed by atoms with van der Waals surface area (Å²) in [5.41, 5.74) is 0.794. The fourth-order valence-corrected chi connectivity index (χ4v) is 4.13. The highest BCUT2D eigenvalue weighted by molar-refractivity contribution is 7.22. The Labute approximate surface area is 183 Å². The number of aromatic nitrogens is 3. The van der Waals surface area contributed by atoms with E-state index in [0.29, 0.717) is 35.1 Å². The van der Waals surface area contributed by atoms with Gasteiger partial charge in [0.15, 0.2) is 5.13 Å². The second-order valence-electron chi connectivity index (χ2n) is 7.04. The minimum atomic E-state index is -0.395. The highest BCUT2D eigenvalue weighted by Crippen LogP contribution is 2.31. The van der Waals surface area contributed by atoms with Gasteiger partial charge in [0.05, 0.1) is 17.9 Å². The summed E-state index contributed by atoms with van der Waals surface area (Å²) in [6.45, 7) is 3.61. The number of carbonyl (C=O) groups is 1. The molecule has 0 fully saturated rings. The number of thiazole rings is 1. The smallest absolute Gasteiger partial charge is 0.260 e. The van der Waals surface area contributed by atoms with Crippen molar-refractivity contribution >= 4 is 32.6 Å². The predicted octanol–water partition coefficient (Wildman–Crippen LogP) is 5.16. The van der Waals surface area contributed by atoms with E-state index in [-0.39, 0.29) is 11.4 Å². The van der Waals surface area contributed by atoms with Gasteiger partial charge in [0.25, 0.3) is 5.91 Å². The Kier molecular flexibility index (Phi) is 6.57. The molecule has 31 heavy (non-hydrogen) atoms. The molecule has 8 heteroatoms. The van der Waals surface area contributed by atoms with E-state index < -0.39 is 5.82 Å². The number of unbranched alkanes of at least 4 members (excludes halogenated alkanes) is 1. The molecule has 0 bridgehead atoms. The molecule has 0 aliphatic rings. The molecule has 0 radical (unpaired) electrons. The van der Waals surface area contributed by atoms with Crippen molar-refractivity contribution in [3.05, 3.63) is 72.3 Å². The van der Waals surface area contributed by atoms with Crippen LogP contribution in [-0.2, 0) is 6.54 Å². The quantitative estimate of drug-likeness (QED) is 0.339. The summed E-state index contributed by atoms with van der Waals surface area (Å²) in [6, 6.07) is 13.7. The Morgan fingerprint density at radius 2 is 2.03 bits per heavy atom. The minimum absolute atomic E-state index is 0.202. The first-order chi connectivity index (χ1) is 15.2. The van der Waals surface area contributed by atoms with Gasteiger partial charge in [-0.2, -0.15) is 5.10 Å². The molecule has 2 heterocycles. The minimum Gasteiger partial charge on any atom is -0.494 e. The Bertz CT molecular complexity index is 1140. The zero-order valence-electron chi connectivity index (χ0n) is 17.2. The Hall–Kier alpha value is -3.26. The molecule has 4 rings (SSSR count). The van der Waals surface area contributed by atoms with Crippen LogP contribution >= 0.6 is 11.3 Å². The monoisotopic (exact) mass is 438 g/mol. The standard InChI is InChI=1S/C23H23FN4O2S/c1-2-3-16-30-18-10-8-17(9-11-18)22(29)28(15-14-27-13-5-12-25-27)23-26-21-19(24)6-4-7-20(21)31-23/h4-13H,2-3,14-16H2,1H3. The van der Waals surface area contributed by atoms with Gasteiger partial charge in [-0.3, -0.25) is 14.4 Å². The van der Waals surface area contributed by atoms with Crippen molar-refractivity contribution in [1.82, 2.24) is 14.8 Å². The number of benzene rings is 2. The molecular formula is C23H23FN4O2S. The zero-order valence-corrected chi connectivity index (χ0v) is 18.0. The van der Waals surface area contributed by atoms with E-state index >= 15 is 0 Å². The van der Waals surface area contributed by atoms with Crippen LogP contribution in [0.3, 0.4) is 0 Å². The number of ether oxygens (including phenoxy) is 1. The normalized spacial score (nSPS) is 11.0. The van der Waals surface area contributed by atoms with Crippen molar-refractivity contribution in [1.29, 1.82) is 0 Å². The topological polar surface area (TPSA) is 60.2 Å². The number of anilines is 1. The fourth-order valence-electron chi connectivity index (χ4n) is 3.12. The molecule has 0 aliphatic heterocycles. The van der Waals surface area contributed by atoms with Crippen molar-refractivity contribution in [3.63, 3.8) is 0 Å². The van der Waals surface area contributed by atoms with E-state index in [1.165, 1.54) is 17.4 Å². The SMILES string of the molecule is CCCCOc1ccc(C(=O)N(CCn2cccn2)c2nc3c(F)cccc3s2)cc1. The van der Waals surface area contributed by atoms with E-state index in [4.69, 9.17) is 4.74 Å². The van der Waals surface area contributed by atoms with Crippen LogP contribution in [-0.4, -0.2) is 33.8 Å². The first kappa shape index (κ1) is 21.0. The van der Waals surface area contributed by atoms with Gasteiger partial charge in [0.1, 0.15) is 17.1 Å². The molecule has 2 aromatic carbocycles. The summed E-state index contributed by atoms with van der Waals surface area (Å²) >= 11 is 1.30. The van der Waals surface area contributed by atoms with E-state index in [1.54, 1.807) is 52.2 Å². The zero-order chi connectivity index (χ0) is 21.6. The number of nitrogens with zero attached hydrogens (tertiary/aromatic N) is 4. The summed E-state index contributed by atoms with van der Waals surface area (Å²) < 4.78 is 22.3. The van der Waals surface area contributed by atoms with Gasteiger partial charge >= 0.3 is 0 Å². The van der Waals surface area contributed by atoms with Crippen LogP contribution in [0.5, 0.6) is 5.75 Å². The van der Waals surface area contributed by atoms with Gasteiger partial charge in [-0.15, -0.1) is 0 Å². The van der Waals surface area contributed by atoms with E-state index in [1.807, 2.05) is 12.3 Å². The van der Waals surface area contributed by atoms with Crippen LogP contribution in [0.25, 0.3) is 10.2 Å². The van der Waals surface area contributed by atoms with E-state index in [0.717, 1.165) is 18.6 Å². The Balaban J connectivity index is 1.59. The second kappa shape index (κ2) is 9.70. The van der Waals surface area contributed by atoms with Gasteiger partial charge in [0, 0.05) is 24.5 Å². The van der Waals surface area contributed by atoms with Crippen LogP contribution in [0, 0.1) is 5.82 Å². The summed E-state index contributed by atoms with van der Waals surface area (Å²) in [7, 11) is 0.